The molecule has 0 aliphatic heterocycles. The van der Waals surface area contributed by atoms with Gasteiger partial charge < -0.3 is 23.4 Å². The summed E-state index contributed by atoms with van der Waals surface area (Å²) in [6, 6.07) is 18.4. The van der Waals surface area contributed by atoms with Gasteiger partial charge in [0.25, 0.3) is 0 Å². The molecule has 0 N–H and O–H groups in total. The van der Waals surface area contributed by atoms with Gasteiger partial charge in [-0.1, -0.05) is 44.2 Å². The number of ether oxygens (including phenoxy) is 2. The minimum absolute atomic E-state index is 0. The zero-order chi connectivity index (χ0) is 26.8. The Labute approximate surface area is 243 Å². The number of Topliss-reactive ketones (excluding diaryl/α,β-unsaturated/α-hetero) is 1. The van der Waals surface area contributed by atoms with E-state index >= 15 is 0 Å². The molecule has 3 rings (SSSR count). The van der Waals surface area contributed by atoms with Crippen molar-refractivity contribution in [1.82, 2.24) is 0 Å². The Morgan fingerprint density at radius 2 is 1.32 bits per heavy atom. The summed E-state index contributed by atoms with van der Waals surface area (Å²) < 4.78 is 32.5. The molecule has 1 unspecified atom stereocenters. The Balaban J connectivity index is 0.00000507. The van der Waals surface area contributed by atoms with Crippen LogP contribution in [0.3, 0.4) is 0 Å². The molecule has 194 valence electrons. The van der Waals surface area contributed by atoms with E-state index in [1.54, 1.807) is 44.2 Å². The molecule has 0 radical (unpaired) electrons. The molecule has 0 saturated carbocycles. The van der Waals surface area contributed by atoms with Gasteiger partial charge in [0.15, 0.2) is 5.78 Å². The first-order valence-electron chi connectivity index (χ1n) is 11.6. The van der Waals surface area contributed by atoms with Crippen molar-refractivity contribution in [2.45, 2.75) is 39.5 Å². The topological polar surface area (TPSA) is 128 Å². The Hall–Kier alpha value is -2.94. The Bertz CT molecular complexity index is 1290. The van der Waals surface area contributed by atoms with Crippen LogP contribution >= 0.6 is 7.82 Å². The molecule has 0 aliphatic carbocycles. The Morgan fingerprint density at radius 1 is 0.763 bits per heavy atom. The van der Waals surface area contributed by atoms with Gasteiger partial charge in [-0.15, -0.1) is 0 Å². The maximum absolute atomic E-state index is 12.9. The number of phosphoric acid groups is 1. The quantitative estimate of drug-likeness (QED) is 0.110. The summed E-state index contributed by atoms with van der Waals surface area (Å²) >= 11 is 0. The fourth-order valence-corrected chi connectivity index (χ4v) is 3.94. The Kier molecular flexibility index (Phi) is 12.2. The predicted octanol–water partition coefficient (Wildman–Crippen LogP) is 2.06. The molecule has 0 heterocycles. The number of ketones is 1. The fraction of sp³-hybridized carbons (Fsp3) is 0.222. The van der Waals surface area contributed by atoms with Gasteiger partial charge in [-0.25, -0.2) is 4.57 Å². The van der Waals surface area contributed by atoms with E-state index in [-0.39, 0.29) is 83.2 Å². The third kappa shape index (κ3) is 9.74. The molecule has 3 aromatic carbocycles. The van der Waals surface area contributed by atoms with E-state index in [2.05, 4.69) is 0 Å². The third-order valence-electron chi connectivity index (χ3n) is 5.03. The molecule has 0 amide bonds. The second-order valence-corrected chi connectivity index (χ2v) is 9.08. The minimum Gasteiger partial charge on any atom is -0.736 e. The number of para-hydroxylation sites is 1. The Morgan fingerprint density at radius 3 is 1.92 bits per heavy atom. The van der Waals surface area contributed by atoms with E-state index in [1.165, 1.54) is 42.5 Å². The van der Waals surface area contributed by atoms with Crippen LogP contribution in [0.1, 0.15) is 49.0 Å². The molecular formula is C27H26NaO9P. The normalized spacial score (nSPS) is 11.9. The monoisotopic (exact) mass is 548 g/mol. The molecular weight excluding hydrogens is 522 g/mol. The number of phosphoric ester groups is 1. The van der Waals surface area contributed by atoms with E-state index in [1.807, 2.05) is 0 Å². The van der Waals surface area contributed by atoms with Crippen LogP contribution in [0.25, 0.3) is 0 Å². The van der Waals surface area contributed by atoms with Crippen molar-refractivity contribution >= 4 is 25.5 Å². The van der Waals surface area contributed by atoms with Crippen molar-refractivity contribution in [3.8, 4) is 23.0 Å². The second-order valence-electron chi connectivity index (χ2n) is 7.82. The summed E-state index contributed by atoms with van der Waals surface area (Å²) in [4.78, 5) is 48.5. The summed E-state index contributed by atoms with van der Waals surface area (Å²) in [6.45, 7) is 3.27. The van der Waals surface area contributed by atoms with Gasteiger partial charge in [-0.3, -0.25) is 14.4 Å². The van der Waals surface area contributed by atoms with Gasteiger partial charge in [0.2, 0.25) is 0 Å². The fourth-order valence-electron chi connectivity index (χ4n) is 3.15. The van der Waals surface area contributed by atoms with E-state index in [4.69, 9.17) is 18.5 Å². The molecule has 3 aromatic rings. The zero-order valence-corrected chi connectivity index (χ0v) is 24.3. The standard InChI is InChI=1S/C27H27O9P.Na/c1-3-26(29)33-22-15-16-23(25(18-22)34-27(30)4-2)24(28)17-12-19-10-13-21(14-11-19)36-37(31,32)35-20-8-6-5-7-9-20;/h5-11,13-16,18H,3-4,12,17H2,1-2H3,(H,31,32);/q;+1/p-1. The number of carbonyl (C=O) groups excluding carboxylic acids is 3. The van der Waals surface area contributed by atoms with Crippen molar-refractivity contribution < 1.29 is 71.9 Å². The summed E-state index contributed by atoms with van der Waals surface area (Å²) in [5.74, 6) is -0.883. The number of rotatable bonds is 12. The van der Waals surface area contributed by atoms with Crippen molar-refractivity contribution in [1.29, 1.82) is 0 Å². The average Bonchev–Trinajstić information content (AvgIpc) is 2.88. The van der Waals surface area contributed by atoms with E-state index in [9.17, 15) is 23.8 Å². The van der Waals surface area contributed by atoms with Crippen LogP contribution in [-0.2, 0) is 20.6 Å². The van der Waals surface area contributed by atoms with Gasteiger partial charge >= 0.3 is 49.3 Å². The number of esters is 2. The summed E-state index contributed by atoms with van der Waals surface area (Å²) in [7, 11) is -4.63. The average molecular weight is 548 g/mol. The van der Waals surface area contributed by atoms with Gasteiger partial charge in [0.1, 0.15) is 23.0 Å². The third-order valence-corrected chi connectivity index (χ3v) is 5.90. The maximum atomic E-state index is 12.9. The number of hydrogen-bond acceptors (Lipinski definition) is 9. The first-order chi connectivity index (χ1) is 17.7. The number of hydrogen-bond donors (Lipinski definition) is 0. The van der Waals surface area contributed by atoms with Gasteiger partial charge in [-0.05, 0) is 48.4 Å². The zero-order valence-electron chi connectivity index (χ0n) is 21.4. The molecule has 11 heteroatoms. The first kappa shape index (κ1) is 31.3. The molecule has 9 nitrogen and oxygen atoms in total. The maximum Gasteiger partial charge on any atom is 1.00 e. The van der Waals surface area contributed by atoms with Gasteiger partial charge in [0.05, 0.1) is 5.56 Å². The van der Waals surface area contributed by atoms with Crippen molar-refractivity contribution in [2.24, 2.45) is 0 Å². The van der Waals surface area contributed by atoms with Crippen molar-refractivity contribution in [3.05, 3.63) is 83.9 Å². The molecule has 0 saturated heterocycles. The molecule has 0 aliphatic rings. The molecule has 0 aromatic heterocycles. The summed E-state index contributed by atoms with van der Waals surface area (Å²) in [6.07, 6.45) is 0.694. The molecule has 0 bridgehead atoms. The van der Waals surface area contributed by atoms with E-state index < -0.39 is 19.8 Å². The van der Waals surface area contributed by atoms with Crippen LogP contribution < -0.4 is 53.0 Å². The summed E-state index contributed by atoms with van der Waals surface area (Å²) in [5, 5.41) is 0. The van der Waals surface area contributed by atoms with Gasteiger partial charge in [-0.2, -0.15) is 0 Å². The van der Waals surface area contributed by atoms with Crippen LogP contribution in [0.5, 0.6) is 23.0 Å². The number of benzene rings is 3. The summed E-state index contributed by atoms with van der Waals surface area (Å²) in [5.41, 5.74) is 0.939. The number of carbonyl (C=O) groups is 3. The molecule has 1 atom stereocenters. The van der Waals surface area contributed by atoms with Crippen LogP contribution in [0, 0.1) is 0 Å². The predicted molar refractivity (Wildman–Crippen MR) is 133 cm³/mol. The largest absolute Gasteiger partial charge is 1.00 e. The van der Waals surface area contributed by atoms with E-state index in [0.29, 0.717) is 6.42 Å². The molecule has 0 fully saturated rings. The minimum atomic E-state index is -4.63. The van der Waals surface area contributed by atoms with Crippen LogP contribution in [-0.4, -0.2) is 17.7 Å². The molecule has 38 heavy (non-hydrogen) atoms. The van der Waals surface area contributed by atoms with Crippen LogP contribution in [0.15, 0.2) is 72.8 Å². The van der Waals surface area contributed by atoms with Crippen LogP contribution in [0.4, 0.5) is 0 Å². The SMILES string of the molecule is CCC(=O)Oc1ccc(C(=O)CCc2ccc(OP(=O)([O-])Oc3ccccc3)cc2)c(OC(=O)CC)c1.[Na+]. The number of aryl methyl sites for hydroxylation is 1. The molecule has 0 spiro atoms. The second kappa shape index (κ2) is 14.9. The van der Waals surface area contributed by atoms with Gasteiger partial charge in [0, 0.05) is 25.3 Å². The smallest absolute Gasteiger partial charge is 0.736 e. The van der Waals surface area contributed by atoms with E-state index in [0.717, 1.165) is 5.56 Å². The van der Waals surface area contributed by atoms with Crippen LogP contribution in [0.2, 0.25) is 0 Å². The van der Waals surface area contributed by atoms with Crippen molar-refractivity contribution in [3.63, 3.8) is 0 Å². The first-order valence-corrected chi connectivity index (χ1v) is 13.1. The van der Waals surface area contributed by atoms with Crippen molar-refractivity contribution in [2.75, 3.05) is 0 Å².